The van der Waals surface area contributed by atoms with Crippen molar-refractivity contribution in [3.63, 3.8) is 0 Å². The van der Waals surface area contributed by atoms with Gasteiger partial charge in [-0.25, -0.2) is 14.8 Å². The molecule has 0 aliphatic carbocycles. The molecule has 0 saturated heterocycles. The summed E-state index contributed by atoms with van der Waals surface area (Å²) in [6.45, 7) is 2.08. The van der Waals surface area contributed by atoms with Crippen LogP contribution in [0.1, 0.15) is 27.6 Å². The topological polar surface area (TPSA) is 93.2 Å². The van der Waals surface area contributed by atoms with Crippen molar-refractivity contribution in [1.82, 2.24) is 9.97 Å². The van der Waals surface area contributed by atoms with Gasteiger partial charge in [-0.2, -0.15) is 0 Å². The molecule has 1 aromatic heterocycles. The molecule has 2 aromatic carbocycles. The average molecular weight is 397 g/mol. The Hall–Kier alpha value is -3.45. The molecule has 0 aliphatic rings. The van der Waals surface area contributed by atoms with Gasteiger partial charge in [0.05, 0.1) is 28.4 Å². The van der Waals surface area contributed by atoms with Crippen LogP contribution in [0, 0.1) is 0 Å². The molecule has 0 radical (unpaired) electrons. The standard InChI is InChI=1S/C20H17ClN4O3/c1-2-28-19(27)13-7-9-15(10-8-13)24-20-22-11-14(12-23-20)18(26)25-17-6-4-3-5-16(17)21/h3-12H,2H2,1H3,(H,25,26)(H,22,23,24). The summed E-state index contributed by atoms with van der Waals surface area (Å²) in [5, 5.41) is 6.15. The predicted molar refractivity (Wildman–Crippen MR) is 107 cm³/mol. The van der Waals surface area contributed by atoms with Crippen LogP contribution in [-0.2, 0) is 4.74 Å². The van der Waals surface area contributed by atoms with Crippen molar-refractivity contribution in [3.05, 3.63) is 77.1 Å². The fourth-order valence-electron chi connectivity index (χ4n) is 2.30. The van der Waals surface area contributed by atoms with Crippen molar-refractivity contribution in [2.75, 3.05) is 17.2 Å². The first-order valence-electron chi connectivity index (χ1n) is 8.49. The highest BCUT2D eigenvalue weighted by atomic mass is 35.5. The van der Waals surface area contributed by atoms with Gasteiger partial charge >= 0.3 is 5.97 Å². The van der Waals surface area contributed by atoms with E-state index in [1.165, 1.54) is 12.4 Å². The molecule has 0 fully saturated rings. The molecule has 0 aliphatic heterocycles. The number of nitrogens with zero attached hydrogens (tertiary/aromatic N) is 2. The highest BCUT2D eigenvalue weighted by molar-refractivity contribution is 6.33. The molecule has 3 aromatic rings. The lowest BCUT2D eigenvalue weighted by molar-refractivity contribution is 0.0526. The minimum absolute atomic E-state index is 0.295. The summed E-state index contributed by atoms with van der Waals surface area (Å²) in [5.41, 5.74) is 1.96. The predicted octanol–water partition coefficient (Wildman–Crippen LogP) is 4.30. The fourth-order valence-corrected chi connectivity index (χ4v) is 2.48. The van der Waals surface area contributed by atoms with Crippen molar-refractivity contribution in [1.29, 1.82) is 0 Å². The maximum atomic E-state index is 12.3. The Labute approximate surface area is 166 Å². The van der Waals surface area contributed by atoms with E-state index in [0.29, 0.717) is 40.1 Å². The van der Waals surface area contributed by atoms with Crippen molar-refractivity contribution < 1.29 is 14.3 Å². The second-order valence-electron chi connectivity index (χ2n) is 5.65. The van der Waals surface area contributed by atoms with Gasteiger partial charge < -0.3 is 15.4 Å². The number of nitrogens with one attached hydrogen (secondary N) is 2. The first-order valence-corrected chi connectivity index (χ1v) is 8.86. The smallest absolute Gasteiger partial charge is 0.338 e. The van der Waals surface area contributed by atoms with E-state index < -0.39 is 0 Å². The van der Waals surface area contributed by atoms with Gasteiger partial charge in [-0.1, -0.05) is 23.7 Å². The number of ether oxygens (including phenoxy) is 1. The van der Waals surface area contributed by atoms with Gasteiger partial charge in [-0.05, 0) is 43.3 Å². The molecule has 1 amide bonds. The maximum Gasteiger partial charge on any atom is 0.338 e. The second kappa shape index (κ2) is 8.96. The quantitative estimate of drug-likeness (QED) is 0.603. The molecule has 0 saturated carbocycles. The summed E-state index contributed by atoms with van der Waals surface area (Å²) in [6, 6.07) is 13.7. The number of anilines is 3. The van der Waals surface area contributed by atoms with Crippen LogP contribution in [0.25, 0.3) is 0 Å². The van der Waals surface area contributed by atoms with E-state index in [1.807, 2.05) is 0 Å². The largest absolute Gasteiger partial charge is 0.462 e. The van der Waals surface area contributed by atoms with Gasteiger partial charge in [0.1, 0.15) is 0 Å². The number of halogens is 1. The molecule has 0 unspecified atom stereocenters. The van der Waals surface area contributed by atoms with Crippen LogP contribution in [0.15, 0.2) is 60.9 Å². The number of rotatable bonds is 6. The number of benzene rings is 2. The van der Waals surface area contributed by atoms with Gasteiger partial charge in [0.15, 0.2) is 0 Å². The van der Waals surface area contributed by atoms with Crippen molar-refractivity contribution >= 4 is 40.8 Å². The van der Waals surface area contributed by atoms with Gasteiger partial charge in [0.25, 0.3) is 5.91 Å². The van der Waals surface area contributed by atoms with Crippen LogP contribution in [0.4, 0.5) is 17.3 Å². The second-order valence-corrected chi connectivity index (χ2v) is 6.06. The van der Waals surface area contributed by atoms with E-state index in [0.717, 1.165) is 0 Å². The Balaban J connectivity index is 1.63. The third-order valence-corrected chi connectivity index (χ3v) is 4.02. The molecule has 1 heterocycles. The van der Waals surface area contributed by atoms with Gasteiger partial charge in [-0.15, -0.1) is 0 Å². The van der Waals surface area contributed by atoms with Crippen molar-refractivity contribution in [2.24, 2.45) is 0 Å². The first-order chi connectivity index (χ1) is 13.6. The molecule has 142 valence electrons. The van der Waals surface area contributed by atoms with Crippen LogP contribution in [0.3, 0.4) is 0 Å². The lowest BCUT2D eigenvalue weighted by Gasteiger charge is -2.08. The number of esters is 1. The van der Waals surface area contributed by atoms with E-state index in [4.69, 9.17) is 16.3 Å². The molecule has 3 rings (SSSR count). The van der Waals surface area contributed by atoms with Crippen molar-refractivity contribution in [2.45, 2.75) is 6.92 Å². The zero-order chi connectivity index (χ0) is 19.9. The SMILES string of the molecule is CCOC(=O)c1ccc(Nc2ncc(C(=O)Nc3ccccc3Cl)cn2)cc1. The molecule has 7 nitrogen and oxygen atoms in total. The number of carbonyl (C=O) groups is 2. The third-order valence-electron chi connectivity index (χ3n) is 3.69. The van der Waals surface area contributed by atoms with Gasteiger partial charge in [0, 0.05) is 18.1 Å². The van der Waals surface area contributed by atoms with Crippen LogP contribution in [0.2, 0.25) is 5.02 Å². The Kier molecular flexibility index (Phi) is 6.18. The summed E-state index contributed by atoms with van der Waals surface area (Å²) < 4.78 is 4.94. The Bertz CT molecular complexity index is 976. The number of hydrogen-bond acceptors (Lipinski definition) is 6. The normalized spacial score (nSPS) is 10.2. The molecular formula is C20H17ClN4O3. The first kappa shape index (κ1) is 19.3. The lowest BCUT2D eigenvalue weighted by Crippen LogP contribution is -2.13. The van der Waals surface area contributed by atoms with E-state index in [1.54, 1.807) is 55.5 Å². The third kappa shape index (κ3) is 4.83. The van der Waals surface area contributed by atoms with Crippen LogP contribution < -0.4 is 10.6 Å². The van der Waals surface area contributed by atoms with Crippen LogP contribution >= 0.6 is 11.6 Å². The van der Waals surface area contributed by atoms with Crippen LogP contribution in [-0.4, -0.2) is 28.5 Å². The van der Waals surface area contributed by atoms with Crippen LogP contribution in [0.5, 0.6) is 0 Å². The minimum Gasteiger partial charge on any atom is -0.462 e. The summed E-state index contributed by atoms with van der Waals surface area (Å²) in [4.78, 5) is 32.2. The molecule has 0 atom stereocenters. The summed E-state index contributed by atoms with van der Waals surface area (Å²) in [7, 11) is 0. The maximum absolute atomic E-state index is 12.3. The number of aromatic nitrogens is 2. The van der Waals surface area contributed by atoms with E-state index in [9.17, 15) is 9.59 Å². The van der Waals surface area contributed by atoms with E-state index >= 15 is 0 Å². The van der Waals surface area contributed by atoms with Crippen molar-refractivity contribution in [3.8, 4) is 0 Å². The monoisotopic (exact) mass is 396 g/mol. The zero-order valence-corrected chi connectivity index (χ0v) is 15.7. The van der Waals surface area contributed by atoms with Gasteiger partial charge in [-0.3, -0.25) is 4.79 Å². The minimum atomic E-state index is -0.376. The lowest BCUT2D eigenvalue weighted by atomic mass is 10.2. The number of carbonyl (C=O) groups excluding carboxylic acids is 2. The average Bonchev–Trinajstić information content (AvgIpc) is 2.71. The number of hydrogen-bond donors (Lipinski definition) is 2. The molecular weight excluding hydrogens is 380 g/mol. The Morgan fingerprint density at radius 3 is 2.32 bits per heavy atom. The summed E-state index contributed by atoms with van der Waals surface area (Å²) >= 11 is 6.03. The molecule has 0 spiro atoms. The molecule has 8 heteroatoms. The molecule has 2 N–H and O–H groups in total. The van der Waals surface area contributed by atoms with E-state index in [-0.39, 0.29) is 11.9 Å². The Morgan fingerprint density at radius 2 is 1.68 bits per heavy atom. The summed E-state index contributed by atoms with van der Waals surface area (Å²) in [5.74, 6) is -0.421. The highest BCUT2D eigenvalue weighted by Crippen LogP contribution is 2.21. The molecule has 0 bridgehead atoms. The fraction of sp³-hybridized carbons (Fsp3) is 0.100. The van der Waals surface area contributed by atoms with Gasteiger partial charge in [0.2, 0.25) is 5.95 Å². The number of para-hydroxylation sites is 1. The zero-order valence-electron chi connectivity index (χ0n) is 15.0. The number of amides is 1. The van der Waals surface area contributed by atoms with E-state index in [2.05, 4.69) is 20.6 Å². The highest BCUT2D eigenvalue weighted by Gasteiger charge is 2.10. The summed E-state index contributed by atoms with van der Waals surface area (Å²) in [6.07, 6.45) is 2.82. The molecule has 28 heavy (non-hydrogen) atoms. The Morgan fingerprint density at radius 1 is 1.00 bits per heavy atom.